The van der Waals surface area contributed by atoms with Crippen molar-refractivity contribution in [3.05, 3.63) is 54.1 Å². The fraction of sp³-hybridized carbons (Fsp3) is 0.545. The third-order valence-corrected chi connectivity index (χ3v) is 5.71. The maximum Gasteiger partial charge on any atom is 0.343 e. The van der Waals surface area contributed by atoms with Gasteiger partial charge in [0.1, 0.15) is 5.82 Å². The first-order chi connectivity index (χ1) is 13.8. The highest BCUT2D eigenvalue weighted by molar-refractivity contribution is 5.81. The number of carbonyl (C=O) groups excluding carboxylic acids is 1. The summed E-state index contributed by atoms with van der Waals surface area (Å²) >= 11 is 0. The normalized spacial score (nSPS) is 20.8. The van der Waals surface area contributed by atoms with Crippen LogP contribution in [0.3, 0.4) is 0 Å². The number of benzene rings is 1. The lowest BCUT2D eigenvalue weighted by molar-refractivity contribution is -0.182. The van der Waals surface area contributed by atoms with Crippen molar-refractivity contribution in [2.24, 2.45) is 5.92 Å². The second-order valence-corrected chi connectivity index (χ2v) is 7.79. The predicted molar refractivity (Wildman–Crippen MR) is 104 cm³/mol. The van der Waals surface area contributed by atoms with Gasteiger partial charge in [0.15, 0.2) is 5.60 Å². The molecule has 1 aliphatic carbocycles. The van der Waals surface area contributed by atoms with Crippen molar-refractivity contribution in [3.8, 4) is 0 Å². The van der Waals surface area contributed by atoms with Crippen LogP contribution < -0.4 is 0 Å². The molecule has 1 aliphatic rings. The van der Waals surface area contributed by atoms with E-state index in [2.05, 4.69) is 4.98 Å². The molecule has 1 aromatic carbocycles. The zero-order chi connectivity index (χ0) is 20.9. The van der Waals surface area contributed by atoms with Gasteiger partial charge in [0.2, 0.25) is 5.92 Å². The lowest BCUT2D eigenvalue weighted by atomic mass is 9.72. The number of halogens is 2. The Kier molecular flexibility index (Phi) is 6.67. The Morgan fingerprint density at radius 1 is 1.34 bits per heavy atom. The number of aliphatic hydroxyl groups is 1. The maximum absolute atomic E-state index is 14.0. The van der Waals surface area contributed by atoms with Crippen molar-refractivity contribution in [2.45, 2.75) is 63.5 Å². The summed E-state index contributed by atoms with van der Waals surface area (Å²) in [6.45, 7) is 2.80. The van der Waals surface area contributed by atoms with E-state index in [1.165, 1.54) is 0 Å². The molecule has 2 atom stereocenters. The van der Waals surface area contributed by atoms with Crippen LogP contribution in [0.1, 0.15) is 49.9 Å². The summed E-state index contributed by atoms with van der Waals surface area (Å²) in [7, 11) is 0. The van der Waals surface area contributed by atoms with Crippen LogP contribution in [0.2, 0.25) is 0 Å². The average Bonchev–Trinajstić information content (AvgIpc) is 3.11. The zero-order valence-electron chi connectivity index (χ0n) is 16.7. The topological polar surface area (TPSA) is 64.4 Å². The van der Waals surface area contributed by atoms with Crippen molar-refractivity contribution in [1.29, 1.82) is 0 Å². The summed E-state index contributed by atoms with van der Waals surface area (Å²) < 4.78 is 35.4. The fourth-order valence-corrected chi connectivity index (χ4v) is 4.04. The van der Waals surface area contributed by atoms with Gasteiger partial charge in [-0.3, -0.25) is 0 Å². The van der Waals surface area contributed by atoms with Crippen molar-refractivity contribution in [1.82, 2.24) is 9.55 Å². The molecule has 29 heavy (non-hydrogen) atoms. The van der Waals surface area contributed by atoms with Crippen molar-refractivity contribution < 1.29 is 23.4 Å². The number of hydrogen-bond acceptors (Lipinski definition) is 4. The lowest BCUT2D eigenvalue weighted by Crippen LogP contribution is -2.48. The SMILES string of the molecule is Cc1nccn1CCCCOC(=O)[C@](O)(c1ccccc1)[C@@H]1CCCC(F)(F)C1. The molecular formula is C22H28F2N2O3. The van der Waals surface area contributed by atoms with Crippen LogP contribution in [-0.4, -0.2) is 33.2 Å². The first-order valence-corrected chi connectivity index (χ1v) is 10.1. The number of nitrogens with zero attached hydrogens (tertiary/aromatic N) is 2. The van der Waals surface area contributed by atoms with E-state index in [1.54, 1.807) is 36.5 Å². The number of carbonyl (C=O) groups is 1. The van der Waals surface area contributed by atoms with Crippen molar-refractivity contribution in [3.63, 3.8) is 0 Å². The highest BCUT2D eigenvalue weighted by atomic mass is 19.3. The van der Waals surface area contributed by atoms with E-state index in [0.29, 0.717) is 18.4 Å². The lowest BCUT2D eigenvalue weighted by Gasteiger charge is -2.39. The Morgan fingerprint density at radius 3 is 2.76 bits per heavy atom. The monoisotopic (exact) mass is 406 g/mol. The number of rotatable bonds is 8. The van der Waals surface area contributed by atoms with Crippen LogP contribution in [0, 0.1) is 12.8 Å². The molecule has 0 bridgehead atoms. The number of esters is 1. The second-order valence-electron chi connectivity index (χ2n) is 7.79. The smallest absolute Gasteiger partial charge is 0.343 e. The number of alkyl halides is 2. The first kappa shape index (κ1) is 21.4. The largest absolute Gasteiger partial charge is 0.463 e. The molecule has 2 aromatic rings. The molecule has 1 aromatic heterocycles. The maximum atomic E-state index is 14.0. The number of imidazole rings is 1. The van der Waals surface area contributed by atoms with Gasteiger partial charge in [0, 0.05) is 37.7 Å². The van der Waals surface area contributed by atoms with Gasteiger partial charge >= 0.3 is 5.97 Å². The van der Waals surface area contributed by atoms with E-state index in [0.717, 1.165) is 18.8 Å². The number of aryl methyl sites for hydroxylation is 2. The van der Waals surface area contributed by atoms with E-state index in [4.69, 9.17) is 4.74 Å². The second kappa shape index (κ2) is 9.03. The number of unbranched alkanes of at least 4 members (excludes halogenated alkanes) is 1. The summed E-state index contributed by atoms with van der Waals surface area (Å²) in [5.41, 5.74) is -1.76. The minimum Gasteiger partial charge on any atom is -0.463 e. The Morgan fingerprint density at radius 2 is 2.10 bits per heavy atom. The Bertz CT molecular complexity index is 809. The molecule has 3 rings (SSSR count). The molecular weight excluding hydrogens is 378 g/mol. The van der Waals surface area contributed by atoms with Gasteiger partial charge in [-0.15, -0.1) is 0 Å². The van der Waals surface area contributed by atoms with Gasteiger partial charge in [0.05, 0.1) is 6.61 Å². The van der Waals surface area contributed by atoms with Crippen LogP contribution in [0.15, 0.2) is 42.7 Å². The molecule has 1 N–H and O–H groups in total. The summed E-state index contributed by atoms with van der Waals surface area (Å²) in [6, 6.07) is 8.30. The molecule has 5 nitrogen and oxygen atoms in total. The summed E-state index contributed by atoms with van der Waals surface area (Å²) in [4.78, 5) is 17.0. The summed E-state index contributed by atoms with van der Waals surface area (Å²) in [5.74, 6) is -3.69. The van der Waals surface area contributed by atoms with Gasteiger partial charge < -0.3 is 14.4 Å². The highest BCUT2D eigenvalue weighted by Gasteiger charge is 2.52. The molecule has 1 fully saturated rings. The summed E-state index contributed by atoms with van der Waals surface area (Å²) in [6.07, 6.45) is 4.89. The molecule has 0 radical (unpaired) electrons. The van der Waals surface area contributed by atoms with E-state index in [9.17, 15) is 18.7 Å². The standard InChI is InChI=1S/C22H28F2N2O3/c1-17-25-12-14-26(17)13-5-6-15-29-20(27)22(28,18-8-3-2-4-9-18)19-10-7-11-21(23,24)16-19/h2-4,8-9,12,14,19,28H,5-7,10-11,13,15-16H2,1H3/t19-,22+/m1/s1. The van der Waals surface area contributed by atoms with Gasteiger partial charge in [-0.2, -0.15) is 0 Å². The molecule has 0 spiro atoms. The van der Waals surface area contributed by atoms with Crippen LogP contribution in [0.5, 0.6) is 0 Å². The molecule has 1 saturated carbocycles. The fourth-order valence-electron chi connectivity index (χ4n) is 4.04. The van der Waals surface area contributed by atoms with Crippen molar-refractivity contribution in [2.75, 3.05) is 6.61 Å². The van der Waals surface area contributed by atoms with Crippen molar-refractivity contribution >= 4 is 5.97 Å². The minimum atomic E-state index is -2.88. The molecule has 0 aliphatic heterocycles. The van der Waals surface area contributed by atoms with Crippen LogP contribution in [0.25, 0.3) is 0 Å². The third kappa shape index (κ3) is 5.01. The van der Waals surface area contributed by atoms with Gasteiger partial charge in [-0.1, -0.05) is 30.3 Å². The van der Waals surface area contributed by atoms with E-state index in [-0.39, 0.29) is 19.4 Å². The zero-order valence-corrected chi connectivity index (χ0v) is 16.7. The summed E-state index contributed by atoms with van der Waals surface area (Å²) in [5, 5.41) is 11.3. The first-order valence-electron chi connectivity index (χ1n) is 10.1. The average molecular weight is 406 g/mol. The Labute approximate surface area is 169 Å². The van der Waals surface area contributed by atoms with Crippen LogP contribution in [0.4, 0.5) is 8.78 Å². The number of aromatic nitrogens is 2. The van der Waals surface area contributed by atoms with Gasteiger partial charge in [0.25, 0.3) is 0 Å². The molecule has 1 heterocycles. The third-order valence-electron chi connectivity index (χ3n) is 5.71. The van der Waals surface area contributed by atoms with E-state index >= 15 is 0 Å². The predicted octanol–water partition coefficient (Wildman–Crippen LogP) is 4.23. The van der Waals surface area contributed by atoms with E-state index in [1.807, 2.05) is 17.7 Å². The molecule has 0 amide bonds. The van der Waals surface area contributed by atoms with Gasteiger partial charge in [-0.05, 0) is 38.2 Å². The van der Waals surface area contributed by atoms with Crippen LogP contribution in [-0.2, 0) is 21.7 Å². The van der Waals surface area contributed by atoms with Gasteiger partial charge in [-0.25, -0.2) is 18.6 Å². The minimum absolute atomic E-state index is 0.130. The van der Waals surface area contributed by atoms with Crippen LogP contribution >= 0.6 is 0 Å². The molecule has 7 heteroatoms. The Hall–Kier alpha value is -2.28. The number of ether oxygens (including phenoxy) is 1. The molecule has 0 saturated heterocycles. The highest BCUT2D eigenvalue weighted by Crippen LogP contribution is 2.45. The molecule has 158 valence electrons. The van der Waals surface area contributed by atoms with E-state index < -0.39 is 29.8 Å². The quantitative estimate of drug-likeness (QED) is 0.526. The Balaban J connectivity index is 1.64. The number of hydrogen-bond donors (Lipinski definition) is 1. The molecule has 0 unspecified atom stereocenters.